The topological polar surface area (TPSA) is 141 Å². The fourth-order valence-corrected chi connectivity index (χ4v) is 10.2. The Labute approximate surface area is 330 Å². The SMILES string of the molecule is CC1(C)C(/C=C/C2=C(Sc3ncccn3)C(=C/C=C3\N(CCCCS(=O)(=O)O)c4ccccc4C3(C)C)/CCC2)=[N+](CCCCS(=O)(=O)O)c2ccccc21. The molecule has 1 aliphatic carbocycles. The van der Waals surface area contributed by atoms with Crippen molar-refractivity contribution in [2.75, 3.05) is 29.5 Å². The lowest BCUT2D eigenvalue weighted by molar-refractivity contribution is -0.438. The molecule has 0 unspecified atom stereocenters. The van der Waals surface area contributed by atoms with Gasteiger partial charge in [-0.1, -0.05) is 62.4 Å². The van der Waals surface area contributed by atoms with Crippen LogP contribution in [0.15, 0.2) is 118 Å². The van der Waals surface area contributed by atoms with E-state index >= 15 is 0 Å². The Bertz CT molecular complexity index is 2290. The van der Waals surface area contributed by atoms with Gasteiger partial charge in [-0.05, 0) is 99.1 Å². The zero-order chi connectivity index (χ0) is 39.4. The smallest absolute Gasteiger partial charge is 0.264 e. The van der Waals surface area contributed by atoms with E-state index in [9.17, 15) is 25.9 Å². The number of anilines is 1. The van der Waals surface area contributed by atoms with E-state index in [2.05, 4.69) is 108 Å². The summed E-state index contributed by atoms with van der Waals surface area (Å²) in [7, 11) is -8.04. The highest BCUT2D eigenvalue weighted by atomic mass is 32.2. The van der Waals surface area contributed by atoms with Crippen molar-refractivity contribution in [1.82, 2.24) is 9.97 Å². The second kappa shape index (κ2) is 16.7. The highest BCUT2D eigenvalue weighted by Gasteiger charge is 2.44. The van der Waals surface area contributed by atoms with Crippen molar-refractivity contribution in [1.29, 1.82) is 0 Å². The summed E-state index contributed by atoms with van der Waals surface area (Å²) in [4.78, 5) is 12.5. The van der Waals surface area contributed by atoms with E-state index in [0.29, 0.717) is 43.9 Å². The third kappa shape index (κ3) is 9.57. The largest absolute Gasteiger partial charge is 0.344 e. The van der Waals surface area contributed by atoms with Crippen LogP contribution in [0.25, 0.3) is 0 Å². The van der Waals surface area contributed by atoms with Gasteiger partial charge in [-0.3, -0.25) is 9.11 Å². The summed E-state index contributed by atoms with van der Waals surface area (Å²) in [5.41, 5.74) is 8.69. The average molecular weight is 804 g/mol. The Morgan fingerprint density at radius 3 is 2.15 bits per heavy atom. The van der Waals surface area contributed by atoms with Crippen molar-refractivity contribution in [2.45, 2.75) is 88.6 Å². The Hall–Kier alpha value is -3.88. The molecule has 292 valence electrons. The van der Waals surface area contributed by atoms with E-state index in [1.807, 2.05) is 18.2 Å². The van der Waals surface area contributed by atoms with E-state index < -0.39 is 20.2 Å². The van der Waals surface area contributed by atoms with Gasteiger partial charge in [0.15, 0.2) is 10.9 Å². The van der Waals surface area contributed by atoms with Crippen molar-refractivity contribution in [3.63, 3.8) is 0 Å². The molecule has 3 aliphatic rings. The number of rotatable bonds is 15. The monoisotopic (exact) mass is 803 g/mol. The summed E-state index contributed by atoms with van der Waals surface area (Å²) in [5.74, 6) is -0.515. The number of aromatic nitrogens is 2. The molecule has 2 aromatic carbocycles. The number of hydrogen-bond acceptors (Lipinski definition) is 8. The Morgan fingerprint density at radius 1 is 0.782 bits per heavy atom. The van der Waals surface area contributed by atoms with Gasteiger partial charge < -0.3 is 4.90 Å². The van der Waals surface area contributed by atoms with Gasteiger partial charge in [-0.2, -0.15) is 21.4 Å². The molecule has 55 heavy (non-hydrogen) atoms. The highest BCUT2D eigenvalue weighted by Crippen LogP contribution is 2.48. The highest BCUT2D eigenvalue weighted by molar-refractivity contribution is 8.03. The van der Waals surface area contributed by atoms with Crippen LogP contribution in [-0.2, 0) is 31.1 Å². The minimum absolute atomic E-state index is 0.258. The number of allylic oxidation sites excluding steroid dienone is 7. The van der Waals surface area contributed by atoms with Crippen molar-refractivity contribution in [3.8, 4) is 0 Å². The van der Waals surface area contributed by atoms with Gasteiger partial charge in [0, 0.05) is 64.8 Å². The van der Waals surface area contributed by atoms with Gasteiger partial charge >= 0.3 is 0 Å². The van der Waals surface area contributed by atoms with Crippen LogP contribution in [0.1, 0.15) is 83.8 Å². The number of para-hydroxylation sites is 2. The Kier molecular flexibility index (Phi) is 12.4. The summed E-state index contributed by atoms with van der Waals surface area (Å²) < 4.78 is 66.7. The summed E-state index contributed by atoms with van der Waals surface area (Å²) in [5, 5.41) is 0.666. The molecule has 0 saturated heterocycles. The zero-order valence-corrected chi connectivity index (χ0v) is 34.4. The maximum absolute atomic E-state index is 11.4. The van der Waals surface area contributed by atoms with Gasteiger partial charge in [0.2, 0.25) is 5.69 Å². The summed E-state index contributed by atoms with van der Waals surface area (Å²) in [6, 6.07) is 18.5. The van der Waals surface area contributed by atoms with Crippen LogP contribution in [0, 0.1) is 0 Å². The number of unbranched alkanes of at least 4 members (excludes halogenated alkanes) is 2. The predicted octanol–water partition coefficient (Wildman–Crippen LogP) is 8.58. The van der Waals surface area contributed by atoms with Crippen LogP contribution in [0.5, 0.6) is 0 Å². The minimum atomic E-state index is -4.02. The lowest BCUT2D eigenvalue weighted by Crippen LogP contribution is -2.28. The molecule has 0 radical (unpaired) electrons. The normalized spacial score (nSPS) is 19.6. The van der Waals surface area contributed by atoms with Crippen molar-refractivity contribution in [3.05, 3.63) is 124 Å². The van der Waals surface area contributed by atoms with Crippen LogP contribution in [0.3, 0.4) is 0 Å². The van der Waals surface area contributed by atoms with Gasteiger partial charge in [-0.15, -0.1) is 0 Å². The number of thioether (sulfide) groups is 1. The Morgan fingerprint density at radius 2 is 1.44 bits per heavy atom. The molecule has 13 heteroatoms. The van der Waals surface area contributed by atoms with Gasteiger partial charge in [-0.25, -0.2) is 9.97 Å². The molecule has 3 heterocycles. The van der Waals surface area contributed by atoms with Gasteiger partial charge in [0.25, 0.3) is 20.2 Å². The molecule has 0 saturated carbocycles. The predicted molar refractivity (Wildman–Crippen MR) is 221 cm³/mol. The van der Waals surface area contributed by atoms with Crippen molar-refractivity contribution >= 4 is 49.1 Å². The molecule has 2 aliphatic heterocycles. The number of fused-ring (bicyclic) bond motifs is 2. The van der Waals surface area contributed by atoms with E-state index in [1.165, 1.54) is 22.3 Å². The summed E-state index contributed by atoms with van der Waals surface area (Å²) in [6.45, 7) is 10.1. The lowest BCUT2D eigenvalue weighted by Gasteiger charge is -2.27. The van der Waals surface area contributed by atoms with E-state index in [-0.39, 0.29) is 22.3 Å². The maximum atomic E-state index is 11.4. The van der Waals surface area contributed by atoms with Crippen LogP contribution < -0.4 is 4.90 Å². The third-order valence-corrected chi connectivity index (χ3v) is 13.5. The fraction of sp³-hybridized carbons (Fsp3) is 0.405. The molecule has 2 N–H and O–H groups in total. The number of nitrogens with zero attached hydrogens (tertiary/aromatic N) is 4. The number of benzene rings is 2. The number of hydrogen-bond donors (Lipinski definition) is 2. The summed E-state index contributed by atoms with van der Waals surface area (Å²) in [6.07, 6.45) is 17.1. The van der Waals surface area contributed by atoms with Crippen LogP contribution in [0.4, 0.5) is 11.4 Å². The second-order valence-corrected chi connectivity index (χ2v) is 19.5. The van der Waals surface area contributed by atoms with Crippen molar-refractivity contribution in [2.24, 2.45) is 0 Å². The summed E-state index contributed by atoms with van der Waals surface area (Å²) >= 11 is 1.57. The third-order valence-electron chi connectivity index (χ3n) is 10.8. The van der Waals surface area contributed by atoms with Gasteiger partial charge in [0.1, 0.15) is 6.54 Å². The van der Waals surface area contributed by atoms with Crippen LogP contribution in [-0.4, -0.2) is 70.8 Å². The second-order valence-electron chi connectivity index (χ2n) is 15.4. The first-order valence-corrected chi connectivity index (χ1v) is 22.9. The molecular weight excluding hydrogens is 753 g/mol. The molecule has 0 amide bonds. The first-order valence-electron chi connectivity index (χ1n) is 18.9. The molecule has 6 rings (SSSR count). The first kappa shape index (κ1) is 40.8. The standard InChI is InChI=1S/C42H50N4O6S3/c1-41(2)33-17-5-7-19-35(33)45(27-9-11-29-54(47,48)49)37(41)23-21-31-15-13-16-32(39(31)53-40-43-25-14-26-44-40)22-24-38-42(3,4)34-18-6-8-20-36(34)46(38)28-10-12-30-55(50,51)52/h5-8,14,17-26H,9-13,15-16,27-30H2,1-4H3,(H-,47,48,49,50,51,52)/p+1. The molecule has 0 atom stereocenters. The van der Waals surface area contributed by atoms with Crippen LogP contribution >= 0.6 is 11.8 Å². The maximum Gasteiger partial charge on any atom is 0.264 e. The molecule has 3 aromatic rings. The molecule has 0 bridgehead atoms. The van der Waals surface area contributed by atoms with E-state index in [4.69, 9.17) is 0 Å². The first-order chi connectivity index (χ1) is 26.1. The lowest BCUT2D eigenvalue weighted by atomic mass is 9.81. The Balaban J connectivity index is 1.39. The van der Waals surface area contributed by atoms with E-state index in [1.54, 1.807) is 24.2 Å². The van der Waals surface area contributed by atoms with Crippen molar-refractivity contribution < 1.29 is 30.5 Å². The van der Waals surface area contributed by atoms with Gasteiger partial charge in [0.05, 0.1) is 16.9 Å². The molecule has 0 spiro atoms. The average Bonchev–Trinajstić information content (AvgIpc) is 3.48. The molecular formula is C42H51N4O6S3+. The van der Waals surface area contributed by atoms with Crippen LogP contribution in [0.2, 0.25) is 0 Å². The minimum Gasteiger partial charge on any atom is -0.344 e. The molecule has 1 aromatic heterocycles. The molecule has 10 nitrogen and oxygen atoms in total. The quantitative estimate of drug-likeness (QED) is 0.0665. The van der Waals surface area contributed by atoms with E-state index in [0.717, 1.165) is 47.0 Å². The zero-order valence-electron chi connectivity index (χ0n) is 32.0. The molecule has 0 fully saturated rings. The fourth-order valence-electron chi connectivity index (χ4n) is 8.01.